The fraction of sp³-hybridized carbons (Fsp3) is 0.591. The highest BCUT2D eigenvalue weighted by Gasteiger charge is 2.24. The Morgan fingerprint density at radius 1 is 1.21 bits per heavy atom. The van der Waals surface area contributed by atoms with Crippen molar-refractivity contribution in [3.8, 4) is 0 Å². The third-order valence-corrected chi connectivity index (χ3v) is 5.83. The van der Waals surface area contributed by atoms with E-state index in [0.717, 1.165) is 80.7 Å². The molecule has 2 fully saturated rings. The molecule has 2 aromatic rings. The van der Waals surface area contributed by atoms with Crippen LogP contribution in [0.1, 0.15) is 25.0 Å². The van der Waals surface area contributed by atoms with Gasteiger partial charge in [-0.15, -0.1) is 24.0 Å². The summed E-state index contributed by atoms with van der Waals surface area (Å²) in [5, 5.41) is 8.18. The van der Waals surface area contributed by atoms with E-state index in [0.29, 0.717) is 6.04 Å². The highest BCUT2D eigenvalue weighted by atomic mass is 127. The van der Waals surface area contributed by atoms with Crippen molar-refractivity contribution in [1.82, 2.24) is 15.5 Å². The number of furan rings is 1. The van der Waals surface area contributed by atoms with Crippen molar-refractivity contribution in [3.05, 3.63) is 36.1 Å². The molecule has 4 rings (SSSR count). The Bertz CT molecular complexity index is 747. The molecule has 0 aliphatic carbocycles. The number of ether oxygens (including phenoxy) is 1. The number of para-hydroxylation sites is 1. The number of piperidine rings is 1. The van der Waals surface area contributed by atoms with Gasteiger partial charge in [0, 0.05) is 57.7 Å². The van der Waals surface area contributed by atoms with Crippen LogP contribution < -0.4 is 10.6 Å². The zero-order valence-corrected chi connectivity index (χ0v) is 19.6. The summed E-state index contributed by atoms with van der Waals surface area (Å²) < 4.78 is 11.4. The monoisotopic (exact) mass is 512 g/mol. The van der Waals surface area contributed by atoms with Crippen LogP contribution >= 0.6 is 24.0 Å². The van der Waals surface area contributed by atoms with Crippen LogP contribution in [0.25, 0.3) is 11.0 Å². The number of aliphatic imine (C=N–C) groups is 1. The summed E-state index contributed by atoms with van der Waals surface area (Å²) in [5.74, 6) is 2.63. The molecule has 6 nitrogen and oxygen atoms in total. The van der Waals surface area contributed by atoms with Crippen LogP contribution in [-0.2, 0) is 11.2 Å². The standard InChI is InChI=1S/C22H32N4O2.HI/c1-23-22(24-10-6-20-14-18-4-2-3-5-21(18)28-20)25-19-7-11-26(12-8-19)15-17-9-13-27-16-17;/h2-5,14,17,19H,6-13,15-16H2,1H3,(H2,23,24,25);1H. The molecule has 29 heavy (non-hydrogen) atoms. The van der Waals surface area contributed by atoms with E-state index >= 15 is 0 Å². The second kappa shape index (κ2) is 11.2. The normalized spacial score (nSPS) is 21.3. The van der Waals surface area contributed by atoms with E-state index in [1.807, 2.05) is 25.2 Å². The number of likely N-dealkylation sites (tertiary alicyclic amines) is 1. The van der Waals surface area contributed by atoms with E-state index in [1.54, 1.807) is 0 Å². The first-order chi connectivity index (χ1) is 13.8. The molecular weight excluding hydrogens is 479 g/mol. The number of nitrogens with zero attached hydrogens (tertiary/aromatic N) is 2. The van der Waals surface area contributed by atoms with Crippen molar-refractivity contribution in [1.29, 1.82) is 0 Å². The number of rotatable bonds is 6. The largest absolute Gasteiger partial charge is 0.461 e. The minimum Gasteiger partial charge on any atom is -0.461 e. The van der Waals surface area contributed by atoms with Crippen LogP contribution in [0, 0.1) is 5.92 Å². The number of fused-ring (bicyclic) bond motifs is 1. The molecule has 0 spiro atoms. The minimum absolute atomic E-state index is 0. The second-order valence-corrected chi connectivity index (χ2v) is 7.95. The van der Waals surface area contributed by atoms with E-state index in [1.165, 1.54) is 13.0 Å². The molecule has 2 saturated heterocycles. The van der Waals surface area contributed by atoms with E-state index in [2.05, 4.69) is 32.7 Å². The molecule has 0 amide bonds. The smallest absolute Gasteiger partial charge is 0.191 e. The minimum atomic E-state index is 0. The lowest BCUT2D eigenvalue weighted by atomic mass is 10.0. The fourth-order valence-corrected chi connectivity index (χ4v) is 4.20. The van der Waals surface area contributed by atoms with Crippen LogP contribution in [0.15, 0.2) is 39.7 Å². The molecule has 0 radical (unpaired) electrons. The van der Waals surface area contributed by atoms with Gasteiger partial charge in [0.2, 0.25) is 0 Å². The topological polar surface area (TPSA) is 62.0 Å². The van der Waals surface area contributed by atoms with Crippen LogP contribution in [-0.4, -0.2) is 63.3 Å². The van der Waals surface area contributed by atoms with Gasteiger partial charge in [-0.3, -0.25) is 4.99 Å². The lowest BCUT2D eigenvalue weighted by Crippen LogP contribution is -2.49. The molecule has 1 aromatic heterocycles. The van der Waals surface area contributed by atoms with Gasteiger partial charge in [-0.2, -0.15) is 0 Å². The molecule has 0 saturated carbocycles. The lowest BCUT2D eigenvalue weighted by molar-refractivity contribution is 0.150. The number of nitrogens with one attached hydrogen (secondary N) is 2. The maximum absolute atomic E-state index is 5.89. The molecule has 160 valence electrons. The van der Waals surface area contributed by atoms with E-state index in [-0.39, 0.29) is 24.0 Å². The van der Waals surface area contributed by atoms with Gasteiger partial charge in [-0.05, 0) is 37.3 Å². The summed E-state index contributed by atoms with van der Waals surface area (Å²) >= 11 is 0. The first-order valence-corrected chi connectivity index (χ1v) is 10.5. The highest BCUT2D eigenvalue weighted by molar-refractivity contribution is 14.0. The Labute approximate surface area is 190 Å². The summed E-state index contributed by atoms with van der Waals surface area (Å²) in [6.07, 6.45) is 4.40. The molecular formula is C22H33IN4O2. The number of hydrogen-bond acceptors (Lipinski definition) is 4. The van der Waals surface area contributed by atoms with Gasteiger partial charge in [0.25, 0.3) is 0 Å². The molecule has 0 bridgehead atoms. The maximum atomic E-state index is 5.89. The lowest BCUT2D eigenvalue weighted by Gasteiger charge is -2.34. The van der Waals surface area contributed by atoms with Crippen LogP contribution in [0.3, 0.4) is 0 Å². The summed E-state index contributed by atoms with van der Waals surface area (Å²) in [6.45, 7) is 6.20. The molecule has 2 N–H and O–H groups in total. The quantitative estimate of drug-likeness (QED) is 0.354. The molecule has 1 aromatic carbocycles. The maximum Gasteiger partial charge on any atom is 0.191 e. The van der Waals surface area contributed by atoms with Crippen LogP contribution in [0.5, 0.6) is 0 Å². The van der Waals surface area contributed by atoms with E-state index < -0.39 is 0 Å². The Kier molecular flexibility index (Phi) is 8.62. The Morgan fingerprint density at radius 2 is 2.03 bits per heavy atom. The van der Waals surface area contributed by atoms with E-state index in [4.69, 9.17) is 9.15 Å². The van der Waals surface area contributed by atoms with Gasteiger partial charge < -0.3 is 24.7 Å². The molecule has 2 aliphatic heterocycles. The van der Waals surface area contributed by atoms with Crippen molar-refractivity contribution < 1.29 is 9.15 Å². The number of guanidine groups is 1. The molecule has 1 atom stereocenters. The van der Waals surface area contributed by atoms with Crippen LogP contribution in [0.2, 0.25) is 0 Å². The number of halogens is 1. The summed E-state index contributed by atoms with van der Waals surface area (Å²) in [5.41, 5.74) is 0.955. The molecule has 3 heterocycles. The molecule has 2 aliphatic rings. The predicted molar refractivity (Wildman–Crippen MR) is 128 cm³/mol. The van der Waals surface area contributed by atoms with Gasteiger partial charge >= 0.3 is 0 Å². The Hall–Kier alpha value is -1.32. The van der Waals surface area contributed by atoms with Crippen molar-refractivity contribution in [2.24, 2.45) is 10.9 Å². The third-order valence-electron chi connectivity index (χ3n) is 5.83. The zero-order valence-electron chi connectivity index (χ0n) is 17.2. The third kappa shape index (κ3) is 6.33. The molecule has 1 unspecified atom stereocenters. The van der Waals surface area contributed by atoms with Crippen LogP contribution in [0.4, 0.5) is 0 Å². The Balaban J connectivity index is 0.00000240. The highest BCUT2D eigenvalue weighted by Crippen LogP contribution is 2.19. The fourth-order valence-electron chi connectivity index (χ4n) is 4.20. The first-order valence-electron chi connectivity index (χ1n) is 10.5. The summed E-state index contributed by atoms with van der Waals surface area (Å²) in [4.78, 5) is 6.98. The number of hydrogen-bond donors (Lipinski definition) is 2. The van der Waals surface area contributed by atoms with Crippen molar-refractivity contribution in [2.75, 3.05) is 46.4 Å². The number of benzene rings is 1. The SMILES string of the molecule is CN=C(NCCc1cc2ccccc2o1)NC1CCN(CC2CCOC2)CC1.I. The van der Waals surface area contributed by atoms with Gasteiger partial charge in [-0.1, -0.05) is 18.2 Å². The predicted octanol–water partition coefficient (Wildman–Crippen LogP) is 3.26. The second-order valence-electron chi connectivity index (χ2n) is 7.95. The van der Waals surface area contributed by atoms with Gasteiger partial charge in [0.05, 0.1) is 6.61 Å². The van der Waals surface area contributed by atoms with Gasteiger partial charge in [-0.25, -0.2) is 0 Å². The van der Waals surface area contributed by atoms with E-state index in [9.17, 15) is 0 Å². The average molecular weight is 512 g/mol. The Morgan fingerprint density at radius 3 is 2.76 bits per heavy atom. The molecule has 7 heteroatoms. The van der Waals surface area contributed by atoms with Gasteiger partial charge in [0.1, 0.15) is 11.3 Å². The summed E-state index contributed by atoms with van der Waals surface area (Å²) in [6, 6.07) is 10.8. The first kappa shape index (κ1) is 22.4. The van der Waals surface area contributed by atoms with Crippen molar-refractivity contribution in [2.45, 2.75) is 31.7 Å². The van der Waals surface area contributed by atoms with Crippen molar-refractivity contribution in [3.63, 3.8) is 0 Å². The summed E-state index contributed by atoms with van der Waals surface area (Å²) in [7, 11) is 1.84. The zero-order chi connectivity index (χ0) is 19.2. The average Bonchev–Trinajstić information content (AvgIpc) is 3.37. The van der Waals surface area contributed by atoms with Crippen molar-refractivity contribution >= 4 is 40.9 Å². The van der Waals surface area contributed by atoms with Gasteiger partial charge in [0.15, 0.2) is 5.96 Å².